The van der Waals surface area contributed by atoms with Crippen LogP contribution in [0.4, 0.5) is 0 Å². The van der Waals surface area contributed by atoms with Gasteiger partial charge in [0.15, 0.2) is 0 Å². The van der Waals surface area contributed by atoms with E-state index < -0.39 is 0 Å². The molecule has 0 saturated heterocycles. The number of nitrogens with zero attached hydrogens (tertiary/aromatic N) is 1. The van der Waals surface area contributed by atoms with Crippen molar-refractivity contribution < 1.29 is 4.79 Å². The maximum Gasteiger partial charge on any atom is 0.235 e. The van der Waals surface area contributed by atoms with Gasteiger partial charge in [0, 0.05) is 22.5 Å². The first-order valence-corrected chi connectivity index (χ1v) is 8.46. The van der Waals surface area contributed by atoms with Crippen molar-refractivity contribution in [3.05, 3.63) is 28.7 Å². The quantitative estimate of drug-likeness (QED) is 0.675. The minimum Gasteiger partial charge on any atom is -0.342 e. The molecule has 0 aliphatic carbocycles. The Kier molecular flexibility index (Phi) is 7.54. The Hall–Kier alpha value is -0.480. The smallest absolute Gasteiger partial charge is 0.235 e. The van der Waals surface area contributed by atoms with E-state index in [1.165, 1.54) is 0 Å². The van der Waals surface area contributed by atoms with Crippen molar-refractivity contribution in [3.8, 4) is 0 Å². The zero-order valence-corrected chi connectivity index (χ0v) is 14.3. The third-order valence-electron chi connectivity index (χ3n) is 2.77. The first-order chi connectivity index (χ1) is 9.08. The Bertz CT molecular complexity index is 388. The first-order valence-electron chi connectivity index (χ1n) is 6.79. The van der Waals surface area contributed by atoms with Gasteiger partial charge in [0.25, 0.3) is 0 Å². The topological polar surface area (TPSA) is 20.3 Å². The zero-order valence-electron chi connectivity index (χ0n) is 11.9. The lowest BCUT2D eigenvalue weighted by Gasteiger charge is -2.24. The lowest BCUT2D eigenvalue weighted by molar-refractivity contribution is -0.130. The molecule has 19 heavy (non-hydrogen) atoms. The van der Waals surface area contributed by atoms with Crippen molar-refractivity contribution in [2.75, 3.05) is 13.1 Å². The van der Waals surface area contributed by atoms with Crippen LogP contribution >= 0.6 is 27.7 Å². The van der Waals surface area contributed by atoms with Crippen molar-refractivity contribution in [2.45, 2.75) is 43.8 Å². The normalized spacial score (nSPS) is 12.2. The van der Waals surface area contributed by atoms with Gasteiger partial charge in [-0.2, -0.15) is 0 Å². The van der Waals surface area contributed by atoms with Gasteiger partial charge in [-0.1, -0.05) is 29.8 Å². The molecule has 1 amide bonds. The van der Waals surface area contributed by atoms with Crippen molar-refractivity contribution in [3.63, 3.8) is 0 Å². The van der Waals surface area contributed by atoms with Crippen molar-refractivity contribution in [2.24, 2.45) is 0 Å². The molecular formula is C15H22BrNOS. The van der Waals surface area contributed by atoms with Crippen LogP contribution < -0.4 is 0 Å². The van der Waals surface area contributed by atoms with Crippen molar-refractivity contribution >= 4 is 33.6 Å². The van der Waals surface area contributed by atoms with Gasteiger partial charge in [0.1, 0.15) is 0 Å². The molecule has 0 bridgehead atoms. The molecular weight excluding hydrogens is 322 g/mol. The Morgan fingerprint density at radius 2 is 1.74 bits per heavy atom. The molecule has 0 aliphatic heterocycles. The van der Waals surface area contributed by atoms with Crippen LogP contribution in [-0.4, -0.2) is 29.1 Å². The van der Waals surface area contributed by atoms with Crippen LogP contribution in [0.2, 0.25) is 0 Å². The summed E-state index contributed by atoms with van der Waals surface area (Å²) in [7, 11) is 0. The van der Waals surface area contributed by atoms with Gasteiger partial charge >= 0.3 is 0 Å². The van der Waals surface area contributed by atoms with E-state index in [0.717, 1.165) is 35.3 Å². The minimum absolute atomic E-state index is 0.0284. The lowest BCUT2D eigenvalue weighted by atomic mass is 10.3. The third-order valence-corrected chi connectivity index (χ3v) is 4.40. The second-order valence-corrected chi connectivity index (χ2v) is 6.87. The summed E-state index contributed by atoms with van der Waals surface area (Å²) in [5, 5.41) is -0.0284. The number of thioether (sulfide) groups is 1. The van der Waals surface area contributed by atoms with Crippen LogP contribution in [-0.2, 0) is 4.79 Å². The van der Waals surface area contributed by atoms with Gasteiger partial charge in [-0.3, -0.25) is 4.79 Å². The number of rotatable bonds is 7. The molecule has 0 saturated carbocycles. The largest absolute Gasteiger partial charge is 0.342 e. The molecule has 1 aromatic carbocycles. The Labute approximate surface area is 129 Å². The van der Waals surface area contributed by atoms with E-state index in [1.54, 1.807) is 11.8 Å². The SMILES string of the molecule is CCCN(CCC)C(=O)C(C)Sc1ccc(Br)cc1. The average Bonchev–Trinajstić information content (AvgIpc) is 2.40. The number of hydrogen-bond acceptors (Lipinski definition) is 2. The molecule has 106 valence electrons. The van der Waals surface area contributed by atoms with E-state index in [4.69, 9.17) is 0 Å². The second kappa shape index (κ2) is 8.64. The number of benzene rings is 1. The van der Waals surface area contributed by atoms with E-state index in [1.807, 2.05) is 36.1 Å². The van der Waals surface area contributed by atoms with Crippen LogP contribution in [0.15, 0.2) is 33.6 Å². The molecule has 0 radical (unpaired) electrons. The number of carbonyl (C=O) groups excluding carboxylic acids is 1. The fourth-order valence-electron chi connectivity index (χ4n) is 1.90. The summed E-state index contributed by atoms with van der Waals surface area (Å²) in [6.07, 6.45) is 2.03. The summed E-state index contributed by atoms with van der Waals surface area (Å²) >= 11 is 5.05. The molecule has 1 aromatic rings. The molecule has 0 heterocycles. The molecule has 2 nitrogen and oxygen atoms in total. The lowest BCUT2D eigenvalue weighted by Crippen LogP contribution is -2.37. The maximum absolute atomic E-state index is 12.4. The van der Waals surface area contributed by atoms with Gasteiger partial charge in [-0.05, 0) is 44.0 Å². The number of halogens is 1. The number of amides is 1. The maximum atomic E-state index is 12.4. The highest BCUT2D eigenvalue weighted by molar-refractivity contribution is 9.10. The highest BCUT2D eigenvalue weighted by atomic mass is 79.9. The molecule has 0 fully saturated rings. The van der Waals surface area contributed by atoms with Crippen LogP contribution in [0.3, 0.4) is 0 Å². The minimum atomic E-state index is -0.0284. The summed E-state index contributed by atoms with van der Waals surface area (Å²) in [6, 6.07) is 8.11. The van der Waals surface area contributed by atoms with Gasteiger partial charge in [0.05, 0.1) is 5.25 Å². The molecule has 0 aromatic heterocycles. The third kappa shape index (κ3) is 5.57. The van der Waals surface area contributed by atoms with Crippen LogP contribution in [0.25, 0.3) is 0 Å². The van der Waals surface area contributed by atoms with Crippen LogP contribution in [0.5, 0.6) is 0 Å². The molecule has 1 unspecified atom stereocenters. The molecule has 0 N–H and O–H groups in total. The highest BCUT2D eigenvalue weighted by Crippen LogP contribution is 2.26. The number of hydrogen-bond donors (Lipinski definition) is 0. The van der Waals surface area contributed by atoms with Crippen molar-refractivity contribution in [1.82, 2.24) is 4.90 Å². The van der Waals surface area contributed by atoms with Crippen LogP contribution in [0.1, 0.15) is 33.6 Å². The Morgan fingerprint density at radius 3 is 2.21 bits per heavy atom. The van der Waals surface area contributed by atoms with Gasteiger partial charge < -0.3 is 4.90 Å². The standard InChI is InChI=1S/C15H22BrNOS/c1-4-10-17(11-5-2)15(18)12(3)19-14-8-6-13(16)7-9-14/h6-9,12H,4-5,10-11H2,1-3H3. The predicted molar refractivity (Wildman–Crippen MR) is 86.6 cm³/mol. The predicted octanol–water partition coefficient (Wildman–Crippen LogP) is 4.58. The van der Waals surface area contributed by atoms with E-state index in [2.05, 4.69) is 29.8 Å². The number of carbonyl (C=O) groups is 1. The van der Waals surface area contributed by atoms with E-state index in [-0.39, 0.29) is 11.2 Å². The Morgan fingerprint density at radius 1 is 1.21 bits per heavy atom. The fourth-order valence-corrected chi connectivity index (χ4v) is 3.11. The van der Waals surface area contributed by atoms with E-state index >= 15 is 0 Å². The molecule has 0 aliphatic rings. The van der Waals surface area contributed by atoms with Gasteiger partial charge in [-0.15, -0.1) is 11.8 Å². The summed E-state index contributed by atoms with van der Waals surface area (Å²) in [5.41, 5.74) is 0. The van der Waals surface area contributed by atoms with E-state index in [9.17, 15) is 4.79 Å². The second-order valence-electron chi connectivity index (χ2n) is 4.54. The van der Waals surface area contributed by atoms with Crippen LogP contribution in [0, 0.1) is 0 Å². The summed E-state index contributed by atoms with van der Waals surface area (Å²) in [6.45, 7) is 7.94. The monoisotopic (exact) mass is 343 g/mol. The summed E-state index contributed by atoms with van der Waals surface area (Å²) < 4.78 is 1.06. The van der Waals surface area contributed by atoms with E-state index in [0.29, 0.717) is 0 Å². The first kappa shape index (κ1) is 16.6. The van der Waals surface area contributed by atoms with Gasteiger partial charge in [-0.25, -0.2) is 0 Å². The van der Waals surface area contributed by atoms with Gasteiger partial charge in [0.2, 0.25) is 5.91 Å². The van der Waals surface area contributed by atoms with Crippen molar-refractivity contribution in [1.29, 1.82) is 0 Å². The summed E-state index contributed by atoms with van der Waals surface area (Å²) in [4.78, 5) is 15.5. The fraction of sp³-hybridized carbons (Fsp3) is 0.533. The Balaban J connectivity index is 2.62. The molecule has 1 atom stereocenters. The zero-order chi connectivity index (χ0) is 14.3. The average molecular weight is 344 g/mol. The molecule has 1 rings (SSSR count). The molecule has 4 heteroatoms. The molecule has 0 spiro atoms. The highest BCUT2D eigenvalue weighted by Gasteiger charge is 2.20. The summed E-state index contributed by atoms with van der Waals surface area (Å²) in [5.74, 6) is 0.247.